The molecule has 0 bridgehead atoms. The molecule has 0 spiro atoms. The third-order valence-corrected chi connectivity index (χ3v) is 11.6. The second-order valence-corrected chi connectivity index (χ2v) is 16.8. The number of hydrogen-bond acceptors (Lipinski definition) is 14. The van der Waals surface area contributed by atoms with E-state index in [0.717, 1.165) is 5.56 Å². The van der Waals surface area contributed by atoms with Crippen molar-refractivity contribution in [2.24, 2.45) is 0 Å². The van der Waals surface area contributed by atoms with Crippen LogP contribution in [0.3, 0.4) is 0 Å². The summed E-state index contributed by atoms with van der Waals surface area (Å²) in [5.41, 5.74) is 0.123. The van der Waals surface area contributed by atoms with Gasteiger partial charge in [0.15, 0.2) is 6.61 Å². The van der Waals surface area contributed by atoms with Crippen LogP contribution in [0.25, 0.3) is 0 Å². The average molecular weight is 784 g/mol. The first kappa shape index (κ1) is 42.8. The normalized spacial score (nSPS) is 18.1. The van der Waals surface area contributed by atoms with Gasteiger partial charge in [0.2, 0.25) is 0 Å². The summed E-state index contributed by atoms with van der Waals surface area (Å²) in [6.45, 7) is 13.1. The van der Waals surface area contributed by atoms with Gasteiger partial charge in [-0.15, -0.1) is 4.67 Å². The van der Waals surface area contributed by atoms with Gasteiger partial charge in [-0.2, -0.15) is 14.8 Å². The van der Waals surface area contributed by atoms with Crippen molar-refractivity contribution < 1.29 is 42.9 Å². The number of nitrogens with zero attached hydrogens (tertiary/aromatic N) is 5. The minimum absolute atomic E-state index is 0.000977. The Morgan fingerprint density at radius 1 is 1.11 bits per heavy atom. The van der Waals surface area contributed by atoms with E-state index < -0.39 is 55.6 Å². The van der Waals surface area contributed by atoms with Crippen LogP contribution in [0.15, 0.2) is 65.6 Å². The SMILES string of the molecule is CC(C)N(C(C)C)[P+](O)(CCC#N)O[C@H]1C[C@H](n2ccc(NC(=O)COc3ccc(C(C)(C)C)cc3)nc2=O)O[C@@H]1COC(=O)Oc1ccc([N+](=O)[O-])cc1. The third kappa shape index (κ3) is 11.8. The molecule has 1 saturated heterocycles. The number of nitrogens with one attached hydrogen (secondary N) is 1. The van der Waals surface area contributed by atoms with Crippen LogP contribution < -0.4 is 20.5 Å². The molecule has 296 valence electrons. The monoisotopic (exact) mass is 783 g/mol. The highest BCUT2D eigenvalue weighted by Gasteiger charge is 2.54. The Morgan fingerprint density at radius 2 is 1.75 bits per heavy atom. The number of nitro benzene ring substituents is 1. The van der Waals surface area contributed by atoms with E-state index in [9.17, 15) is 34.7 Å². The van der Waals surface area contributed by atoms with E-state index >= 15 is 0 Å². The van der Waals surface area contributed by atoms with Crippen LogP contribution in [0.5, 0.6) is 11.5 Å². The van der Waals surface area contributed by atoms with E-state index in [-0.39, 0.29) is 60.4 Å². The summed E-state index contributed by atoms with van der Waals surface area (Å²) in [6, 6.07) is 15.4. The number of amides is 1. The van der Waals surface area contributed by atoms with Crippen molar-refractivity contribution in [2.75, 3.05) is 24.7 Å². The van der Waals surface area contributed by atoms with E-state index in [2.05, 4.69) is 37.1 Å². The fraction of sp³-hybridized carbons (Fsp3) is 0.486. The zero-order valence-corrected chi connectivity index (χ0v) is 32.8. The largest absolute Gasteiger partial charge is 0.513 e. The lowest BCUT2D eigenvalue weighted by atomic mass is 9.87. The second-order valence-electron chi connectivity index (χ2n) is 14.4. The minimum atomic E-state index is -3.46. The smallest absolute Gasteiger partial charge is 0.484 e. The molecular formula is C37H48N6O11P+. The van der Waals surface area contributed by atoms with Crippen LogP contribution in [-0.4, -0.2) is 79.8 Å². The van der Waals surface area contributed by atoms with E-state index in [1.165, 1.54) is 41.1 Å². The van der Waals surface area contributed by atoms with Crippen molar-refractivity contribution in [1.82, 2.24) is 14.2 Å². The number of benzene rings is 2. The van der Waals surface area contributed by atoms with Crippen molar-refractivity contribution >= 4 is 31.4 Å². The average Bonchev–Trinajstić information content (AvgIpc) is 3.50. The van der Waals surface area contributed by atoms with Crippen molar-refractivity contribution in [2.45, 2.75) is 97.2 Å². The predicted molar refractivity (Wildman–Crippen MR) is 203 cm³/mol. The quantitative estimate of drug-likeness (QED) is 0.0548. The number of carbonyl (C=O) groups is 2. The topological polar surface area (TPSA) is 218 Å². The number of anilines is 1. The van der Waals surface area contributed by atoms with Crippen molar-refractivity contribution in [3.63, 3.8) is 0 Å². The Morgan fingerprint density at radius 3 is 2.31 bits per heavy atom. The molecule has 4 rings (SSSR count). The highest BCUT2D eigenvalue weighted by atomic mass is 31.2. The maximum absolute atomic E-state index is 13.3. The van der Waals surface area contributed by atoms with E-state index in [1.807, 2.05) is 44.5 Å². The zero-order chi connectivity index (χ0) is 40.5. The lowest BCUT2D eigenvalue weighted by Crippen LogP contribution is -2.41. The van der Waals surface area contributed by atoms with Gasteiger partial charge in [0.05, 0.1) is 17.4 Å². The summed E-state index contributed by atoms with van der Waals surface area (Å²) >= 11 is 0. The highest BCUT2D eigenvalue weighted by molar-refractivity contribution is 7.63. The molecule has 1 fully saturated rings. The summed E-state index contributed by atoms with van der Waals surface area (Å²) in [6.07, 6.45) is -2.66. The third-order valence-electron chi connectivity index (χ3n) is 8.53. The summed E-state index contributed by atoms with van der Waals surface area (Å²) in [7, 11) is -3.46. The van der Waals surface area contributed by atoms with E-state index in [4.69, 9.17) is 23.5 Å². The number of aromatic nitrogens is 2. The highest BCUT2D eigenvalue weighted by Crippen LogP contribution is 2.63. The van der Waals surface area contributed by atoms with Gasteiger partial charge in [0.25, 0.3) is 11.6 Å². The van der Waals surface area contributed by atoms with Gasteiger partial charge < -0.3 is 24.3 Å². The van der Waals surface area contributed by atoms with Gasteiger partial charge >= 0.3 is 19.7 Å². The standard InChI is InChI=1S/C37H47N6O11P/c1-24(2)42(25(3)4)55(49,20-8-18-38)54-30-21-34(53-31(30)22-51-36(46)52-29-15-11-27(12-16-29)43(47)48)41-19-17-32(40-35(41)45)39-33(44)23-50-28-13-9-26(10-14-28)37(5,6)7/h9-17,19,24-25,30-31,34,49H,8,20-23H2,1-7H3/p+1/t30-,31+,34+,55?/m0/s1. The molecule has 1 unspecified atom stereocenters. The zero-order valence-electron chi connectivity index (χ0n) is 31.9. The van der Waals surface area contributed by atoms with Crippen molar-refractivity contribution in [3.8, 4) is 17.6 Å². The number of nitriles is 1. The molecule has 2 heterocycles. The van der Waals surface area contributed by atoms with Gasteiger partial charge in [-0.3, -0.25) is 19.5 Å². The molecule has 1 aromatic heterocycles. The van der Waals surface area contributed by atoms with E-state index in [1.54, 1.807) is 12.1 Å². The van der Waals surface area contributed by atoms with Gasteiger partial charge in [-0.05, 0) is 69.0 Å². The molecule has 17 nitrogen and oxygen atoms in total. The number of nitro groups is 1. The maximum Gasteiger partial charge on any atom is 0.513 e. The maximum atomic E-state index is 13.3. The second kappa shape index (κ2) is 18.6. The number of ether oxygens (including phenoxy) is 4. The van der Waals surface area contributed by atoms with Crippen molar-refractivity contribution in [3.05, 3.63) is 87.0 Å². The first-order valence-corrected chi connectivity index (χ1v) is 19.5. The molecule has 0 saturated carbocycles. The molecule has 0 radical (unpaired) electrons. The van der Waals surface area contributed by atoms with Crippen LogP contribution in [0.1, 0.15) is 73.1 Å². The Kier molecular flexibility index (Phi) is 14.4. The van der Waals surface area contributed by atoms with E-state index in [0.29, 0.717) is 5.75 Å². The Labute approximate surface area is 319 Å². The van der Waals surface area contributed by atoms with Crippen molar-refractivity contribution in [1.29, 1.82) is 5.26 Å². The lowest BCUT2D eigenvalue weighted by Gasteiger charge is -2.36. The number of non-ortho nitro benzene ring substituents is 1. The molecule has 1 amide bonds. The van der Waals surface area contributed by atoms with Crippen LogP contribution >= 0.6 is 7.87 Å². The van der Waals surface area contributed by atoms with Crippen LogP contribution in [-0.2, 0) is 24.2 Å². The predicted octanol–water partition coefficient (Wildman–Crippen LogP) is 6.14. The molecular weight excluding hydrogens is 735 g/mol. The number of rotatable bonds is 16. The summed E-state index contributed by atoms with van der Waals surface area (Å²) < 4.78 is 31.7. The summed E-state index contributed by atoms with van der Waals surface area (Å²) in [5, 5.41) is 22.9. The Balaban J connectivity index is 1.49. The van der Waals surface area contributed by atoms with Crippen LogP contribution in [0.2, 0.25) is 0 Å². The lowest BCUT2D eigenvalue weighted by molar-refractivity contribution is -0.384. The molecule has 55 heavy (non-hydrogen) atoms. The minimum Gasteiger partial charge on any atom is -0.484 e. The fourth-order valence-corrected chi connectivity index (χ4v) is 9.01. The van der Waals surface area contributed by atoms with Gasteiger partial charge in [-0.25, -0.2) is 14.5 Å². The fourth-order valence-electron chi connectivity index (χ4n) is 6.08. The Bertz CT molecular complexity index is 1890. The first-order chi connectivity index (χ1) is 25.9. The molecule has 0 aliphatic carbocycles. The molecule has 3 aromatic rings. The number of hydrogen-bond donors (Lipinski definition) is 2. The summed E-state index contributed by atoms with van der Waals surface area (Å²) in [5.74, 6) is -0.0416. The molecule has 1 aliphatic heterocycles. The summed E-state index contributed by atoms with van der Waals surface area (Å²) in [4.78, 5) is 65.0. The van der Waals surface area contributed by atoms with Crippen LogP contribution in [0.4, 0.5) is 16.3 Å². The molecule has 2 aromatic carbocycles. The first-order valence-electron chi connectivity index (χ1n) is 17.7. The molecule has 1 aliphatic rings. The van der Waals surface area contributed by atoms with Gasteiger partial charge in [-0.1, -0.05) is 32.9 Å². The molecule has 2 N–H and O–H groups in total. The van der Waals surface area contributed by atoms with Crippen LogP contribution in [0, 0.1) is 21.4 Å². The number of carbonyl (C=O) groups excluding carboxylic acids is 2. The molecule has 18 heteroatoms. The van der Waals surface area contributed by atoms with Gasteiger partial charge in [0.1, 0.15) is 48.5 Å². The molecule has 4 atom stereocenters. The Hall–Kier alpha value is -4.98. The van der Waals surface area contributed by atoms with Gasteiger partial charge in [0, 0.05) is 36.8 Å².